The zero-order valence-electron chi connectivity index (χ0n) is 21.6. The molecule has 1 atom stereocenters. The van der Waals surface area contributed by atoms with Crippen molar-refractivity contribution in [1.29, 1.82) is 0 Å². The zero-order chi connectivity index (χ0) is 24.2. The molecule has 1 aromatic carbocycles. The number of carbonyl (C=O) groups is 1. The molecule has 0 aromatic heterocycles. The fourth-order valence-corrected chi connectivity index (χ4v) is 6.44. The van der Waals surface area contributed by atoms with Crippen molar-refractivity contribution in [3.05, 3.63) is 48.0 Å². The number of rotatable bonds is 13. The Morgan fingerprint density at radius 2 is 1.56 bits per heavy atom. The highest BCUT2D eigenvalue weighted by atomic mass is 16.5. The van der Waals surface area contributed by atoms with E-state index in [0.29, 0.717) is 12.5 Å². The Morgan fingerprint density at radius 1 is 0.971 bits per heavy atom. The number of aryl methyl sites for hydroxylation is 2. The summed E-state index contributed by atoms with van der Waals surface area (Å²) in [6.07, 6.45) is 19.4. The number of hydrogen-bond acceptors (Lipinski definition) is 3. The van der Waals surface area contributed by atoms with E-state index in [0.717, 1.165) is 30.6 Å². The first kappa shape index (κ1) is 27.0. The molecule has 1 N–H and O–H groups in total. The Labute approximate surface area is 208 Å². The van der Waals surface area contributed by atoms with Crippen LogP contribution in [0.15, 0.2) is 36.9 Å². The normalized spacial score (nSPS) is 26.1. The van der Waals surface area contributed by atoms with Gasteiger partial charge in [-0.25, -0.2) is 4.79 Å². The van der Waals surface area contributed by atoms with Gasteiger partial charge in [0.1, 0.15) is 0 Å². The van der Waals surface area contributed by atoms with Crippen molar-refractivity contribution < 1.29 is 14.6 Å². The average molecular weight is 469 g/mol. The lowest BCUT2D eigenvalue weighted by Crippen LogP contribution is -2.31. The van der Waals surface area contributed by atoms with Crippen molar-refractivity contribution in [3.63, 3.8) is 0 Å². The topological polar surface area (TPSA) is 46.5 Å². The Kier molecular flexibility index (Phi) is 11.7. The highest BCUT2D eigenvalue weighted by molar-refractivity contribution is 5.81. The molecule has 0 spiro atoms. The molecule has 0 bridgehead atoms. The van der Waals surface area contributed by atoms with E-state index in [1.807, 2.05) is 0 Å². The largest absolute Gasteiger partial charge is 0.462 e. The van der Waals surface area contributed by atoms with Gasteiger partial charge in [0.05, 0.1) is 6.61 Å². The van der Waals surface area contributed by atoms with Crippen LogP contribution in [0, 0.1) is 29.6 Å². The summed E-state index contributed by atoms with van der Waals surface area (Å²) >= 11 is 0. The molecule has 0 aliphatic heterocycles. The van der Waals surface area contributed by atoms with Crippen LogP contribution in [0.25, 0.3) is 0 Å². The number of ether oxygens (including phenoxy) is 1. The number of benzene rings is 1. The maximum absolute atomic E-state index is 11.4. The average Bonchev–Trinajstić information content (AvgIpc) is 2.89. The molecule has 2 saturated carbocycles. The van der Waals surface area contributed by atoms with E-state index in [4.69, 9.17) is 4.74 Å². The van der Waals surface area contributed by atoms with Crippen molar-refractivity contribution in [2.75, 3.05) is 13.2 Å². The molecular formula is C31H48O3. The lowest BCUT2D eigenvalue weighted by Gasteiger charge is -2.39. The van der Waals surface area contributed by atoms with E-state index < -0.39 is 0 Å². The molecule has 2 fully saturated rings. The summed E-state index contributed by atoms with van der Waals surface area (Å²) in [4.78, 5) is 11.4. The first-order valence-corrected chi connectivity index (χ1v) is 14.1. The SMILES string of the molecule is C=CC(=O)OCC(CO)C1CCC(C2CCC(CCc3ccc(CCCCC)cc3)CC2)CC1. The molecule has 3 heteroatoms. The number of esters is 1. The van der Waals surface area contributed by atoms with Crippen molar-refractivity contribution in [2.45, 2.75) is 96.8 Å². The molecule has 0 heterocycles. The van der Waals surface area contributed by atoms with E-state index in [9.17, 15) is 9.90 Å². The van der Waals surface area contributed by atoms with Gasteiger partial charge in [-0.3, -0.25) is 0 Å². The molecule has 2 aliphatic rings. The molecule has 0 amide bonds. The summed E-state index contributed by atoms with van der Waals surface area (Å²) in [6.45, 7) is 6.14. The predicted octanol–water partition coefficient (Wildman–Crippen LogP) is 7.30. The van der Waals surface area contributed by atoms with Gasteiger partial charge in [-0.1, -0.05) is 63.5 Å². The molecule has 1 aromatic rings. The maximum Gasteiger partial charge on any atom is 0.330 e. The fraction of sp³-hybridized carbons (Fsp3) is 0.710. The monoisotopic (exact) mass is 468 g/mol. The van der Waals surface area contributed by atoms with Crippen LogP contribution in [-0.4, -0.2) is 24.3 Å². The molecule has 3 nitrogen and oxygen atoms in total. The quantitative estimate of drug-likeness (QED) is 0.188. The minimum absolute atomic E-state index is 0.0750. The zero-order valence-corrected chi connectivity index (χ0v) is 21.6. The molecule has 2 aliphatic carbocycles. The molecule has 0 saturated heterocycles. The van der Waals surface area contributed by atoms with Crippen LogP contribution in [0.5, 0.6) is 0 Å². The first-order valence-electron chi connectivity index (χ1n) is 14.1. The number of aliphatic hydroxyl groups is 1. The van der Waals surface area contributed by atoms with E-state index in [2.05, 4.69) is 37.8 Å². The van der Waals surface area contributed by atoms with Crippen LogP contribution in [0.3, 0.4) is 0 Å². The van der Waals surface area contributed by atoms with Crippen molar-refractivity contribution in [1.82, 2.24) is 0 Å². The first-order chi connectivity index (χ1) is 16.6. The van der Waals surface area contributed by atoms with Crippen molar-refractivity contribution >= 4 is 5.97 Å². The summed E-state index contributed by atoms with van der Waals surface area (Å²) < 4.78 is 5.22. The lowest BCUT2D eigenvalue weighted by molar-refractivity contribution is -0.140. The molecule has 0 radical (unpaired) electrons. The van der Waals surface area contributed by atoms with E-state index in [1.54, 1.807) is 0 Å². The second-order valence-electron chi connectivity index (χ2n) is 11.0. The van der Waals surface area contributed by atoms with Crippen molar-refractivity contribution in [2.24, 2.45) is 29.6 Å². The summed E-state index contributed by atoms with van der Waals surface area (Å²) in [5.41, 5.74) is 3.01. The highest BCUT2D eigenvalue weighted by Gasteiger charge is 2.33. The van der Waals surface area contributed by atoms with Crippen LogP contribution >= 0.6 is 0 Å². The van der Waals surface area contributed by atoms with Crippen LogP contribution in [0.4, 0.5) is 0 Å². The Hall–Kier alpha value is -1.61. The van der Waals surface area contributed by atoms with Crippen molar-refractivity contribution in [3.8, 4) is 0 Å². The summed E-state index contributed by atoms with van der Waals surface area (Å²) in [5.74, 6) is 2.82. The molecule has 190 valence electrons. The second-order valence-corrected chi connectivity index (χ2v) is 11.0. The van der Waals surface area contributed by atoms with Gasteiger partial charge in [-0.15, -0.1) is 0 Å². The standard InChI is InChI=1S/C31H48O3/c1-3-5-6-7-24-8-10-25(11-9-24)12-13-26-14-16-27(17-15-26)28-18-20-29(21-19-28)30(22-32)23-34-31(33)4-2/h4,8-11,26-30,32H,2-3,5-7,12-23H2,1H3. The third-order valence-electron chi connectivity index (χ3n) is 8.82. The van der Waals surface area contributed by atoms with E-state index >= 15 is 0 Å². The maximum atomic E-state index is 11.4. The van der Waals surface area contributed by atoms with Gasteiger partial charge in [0.25, 0.3) is 0 Å². The minimum atomic E-state index is -0.386. The van der Waals surface area contributed by atoms with Crippen LogP contribution < -0.4 is 0 Å². The van der Waals surface area contributed by atoms with Gasteiger partial charge < -0.3 is 9.84 Å². The molecule has 1 unspecified atom stereocenters. The number of hydrogen-bond donors (Lipinski definition) is 1. The van der Waals surface area contributed by atoms with Crippen LogP contribution in [0.1, 0.15) is 95.1 Å². The van der Waals surface area contributed by atoms with Crippen LogP contribution in [0.2, 0.25) is 0 Å². The number of unbranched alkanes of at least 4 members (excludes halogenated alkanes) is 2. The molecular weight excluding hydrogens is 420 g/mol. The predicted molar refractivity (Wildman–Crippen MR) is 141 cm³/mol. The smallest absolute Gasteiger partial charge is 0.330 e. The lowest BCUT2D eigenvalue weighted by atomic mass is 9.67. The van der Waals surface area contributed by atoms with E-state index in [-0.39, 0.29) is 18.5 Å². The summed E-state index contributed by atoms with van der Waals surface area (Å²) in [7, 11) is 0. The van der Waals surface area contributed by atoms with Gasteiger partial charge in [0, 0.05) is 18.6 Å². The number of aliphatic hydroxyl groups excluding tert-OH is 1. The van der Waals surface area contributed by atoms with Gasteiger partial charge in [-0.05, 0) is 99.0 Å². The Balaban J connectivity index is 1.33. The molecule has 3 rings (SSSR count). The third-order valence-corrected chi connectivity index (χ3v) is 8.82. The summed E-state index contributed by atoms with van der Waals surface area (Å²) in [5, 5.41) is 9.78. The van der Waals surface area contributed by atoms with Gasteiger partial charge in [-0.2, -0.15) is 0 Å². The minimum Gasteiger partial charge on any atom is -0.462 e. The summed E-state index contributed by atoms with van der Waals surface area (Å²) in [6, 6.07) is 9.43. The second kappa shape index (κ2) is 14.7. The van der Waals surface area contributed by atoms with E-state index in [1.165, 1.54) is 94.3 Å². The Bertz CT molecular complexity index is 709. The van der Waals surface area contributed by atoms with Crippen LogP contribution in [-0.2, 0) is 22.4 Å². The third kappa shape index (κ3) is 8.56. The fourth-order valence-electron chi connectivity index (χ4n) is 6.44. The molecule has 34 heavy (non-hydrogen) atoms. The highest BCUT2D eigenvalue weighted by Crippen LogP contribution is 2.43. The van der Waals surface area contributed by atoms with Gasteiger partial charge in [0.15, 0.2) is 0 Å². The Morgan fingerprint density at radius 3 is 2.12 bits per heavy atom. The van der Waals surface area contributed by atoms with Gasteiger partial charge >= 0.3 is 5.97 Å². The number of carbonyl (C=O) groups excluding carboxylic acids is 1. The van der Waals surface area contributed by atoms with Gasteiger partial charge in [0.2, 0.25) is 0 Å².